The molecule has 1 fully saturated rings. The molecule has 122 valence electrons. The summed E-state index contributed by atoms with van der Waals surface area (Å²) in [5.41, 5.74) is 0. The minimum Gasteiger partial charge on any atom is -0.480 e. The number of carbonyl (C=O) groups is 2. The van der Waals surface area contributed by atoms with E-state index < -0.39 is 12.0 Å². The minimum atomic E-state index is -0.948. The molecule has 0 saturated carbocycles. The summed E-state index contributed by atoms with van der Waals surface area (Å²) >= 11 is 1.59. The van der Waals surface area contributed by atoms with Gasteiger partial charge in [-0.3, -0.25) is 0 Å². The van der Waals surface area contributed by atoms with Crippen molar-refractivity contribution in [3.63, 3.8) is 0 Å². The number of hydrogen-bond acceptors (Lipinski definition) is 3. The monoisotopic (exact) mass is 316 g/mol. The fraction of sp³-hybridized carbons (Fsp3) is 0.867. The van der Waals surface area contributed by atoms with Crippen molar-refractivity contribution in [3.05, 3.63) is 0 Å². The number of thioether (sulfide) groups is 1. The van der Waals surface area contributed by atoms with Crippen molar-refractivity contribution in [2.24, 2.45) is 5.92 Å². The van der Waals surface area contributed by atoms with Crippen LogP contribution in [0.2, 0.25) is 0 Å². The topological polar surface area (TPSA) is 69.6 Å². The average Bonchev–Trinajstić information content (AvgIpc) is 2.69. The van der Waals surface area contributed by atoms with Gasteiger partial charge in [0.2, 0.25) is 0 Å². The van der Waals surface area contributed by atoms with Crippen LogP contribution in [0.25, 0.3) is 0 Å². The molecule has 1 aliphatic heterocycles. The van der Waals surface area contributed by atoms with E-state index in [1.807, 2.05) is 6.26 Å². The number of hydrogen-bond donors (Lipinski definition) is 2. The van der Waals surface area contributed by atoms with Crippen molar-refractivity contribution < 1.29 is 14.7 Å². The molecule has 1 heterocycles. The van der Waals surface area contributed by atoms with Crippen molar-refractivity contribution in [1.82, 2.24) is 10.2 Å². The molecule has 0 aliphatic carbocycles. The summed E-state index contributed by atoms with van der Waals surface area (Å²) in [5, 5.41) is 11.8. The van der Waals surface area contributed by atoms with Gasteiger partial charge < -0.3 is 15.3 Å². The molecule has 0 spiro atoms. The molecule has 1 rings (SSSR count). The third-order valence-corrected chi connectivity index (χ3v) is 4.68. The fourth-order valence-corrected chi connectivity index (χ4v) is 3.27. The first-order valence-electron chi connectivity index (χ1n) is 7.85. The number of likely N-dealkylation sites (tertiary alicyclic amines) is 1. The second-order valence-corrected chi connectivity index (χ2v) is 6.68. The second kappa shape index (κ2) is 9.92. The van der Waals surface area contributed by atoms with Gasteiger partial charge in [-0.25, -0.2) is 9.59 Å². The molecule has 2 atom stereocenters. The number of rotatable bonds is 7. The number of urea groups is 1. The van der Waals surface area contributed by atoms with E-state index in [1.54, 1.807) is 16.7 Å². The largest absolute Gasteiger partial charge is 0.480 e. The predicted molar refractivity (Wildman–Crippen MR) is 86.8 cm³/mol. The van der Waals surface area contributed by atoms with E-state index in [1.165, 1.54) is 19.3 Å². The van der Waals surface area contributed by atoms with Gasteiger partial charge in [0.15, 0.2) is 0 Å². The third kappa shape index (κ3) is 6.59. The van der Waals surface area contributed by atoms with Gasteiger partial charge in [0.1, 0.15) is 6.04 Å². The van der Waals surface area contributed by atoms with Crippen LogP contribution in [0.5, 0.6) is 0 Å². The number of carbonyl (C=O) groups excluding carboxylic acids is 1. The van der Waals surface area contributed by atoms with Crippen LogP contribution in [0.4, 0.5) is 4.79 Å². The highest BCUT2D eigenvalue weighted by molar-refractivity contribution is 7.98. The van der Waals surface area contributed by atoms with Crippen LogP contribution in [0.3, 0.4) is 0 Å². The maximum atomic E-state index is 12.2. The SMILES string of the molecule is CCCC1CCCN(C(=O)N[C@@H](CCSC)C(=O)O)CC1. The van der Waals surface area contributed by atoms with E-state index in [0.717, 1.165) is 31.7 Å². The van der Waals surface area contributed by atoms with Gasteiger partial charge in [0.05, 0.1) is 0 Å². The first-order valence-corrected chi connectivity index (χ1v) is 9.25. The number of aliphatic carboxylic acids is 1. The fourth-order valence-electron chi connectivity index (χ4n) is 2.80. The van der Waals surface area contributed by atoms with Gasteiger partial charge in [-0.1, -0.05) is 19.8 Å². The second-order valence-electron chi connectivity index (χ2n) is 5.69. The van der Waals surface area contributed by atoms with E-state index >= 15 is 0 Å². The summed E-state index contributed by atoms with van der Waals surface area (Å²) in [4.78, 5) is 25.2. The Balaban J connectivity index is 2.47. The summed E-state index contributed by atoms with van der Waals surface area (Å²) in [5.74, 6) is 0.492. The maximum Gasteiger partial charge on any atom is 0.326 e. The highest BCUT2D eigenvalue weighted by atomic mass is 32.2. The molecule has 5 nitrogen and oxygen atoms in total. The third-order valence-electron chi connectivity index (χ3n) is 4.04. The zero-order valence-corrected chi connectivity index (χ0v) is 14.0. The summed E-state index contributed by atoms with van der Waals surface area (Å²) in [7, 11) is 0. The summed E-state index contributed by atoms with van der Waals surface area (Å²) < 4.78 is 0. The van der Waals surface area contributed by atoms with Crippen LogP contribution >= 0.6 is 11.8 Å². The van der Waals surface area contributed by atoms with Gasteiger partial charge in [0.25, 0.3) is 0 Å². The van der Waals surface area contributed by atoms with Gasteiger partial charge in [0, 0.05) is 13.1 Å². The van der Waals surface area contributed by atoms with Gasteiger partial charge in [-0.05, 0) is 43.6 Å². The zero-order chi connectivity index (χ0) is 15.7. The Hall–Kier alpha value is -0.910. The molecule has 2 N–H and O–H groups in total. The van der Waals surface area contributed by atoms with Gasteiger partial charge in [-0.15, -0.1) is 0 Å². The molecule has 6 heteroatoms. The summed E-state index contributed by atoms with van der Waals surface area (Å²) in [6.07, 6.45) is 8.03. The van der Waals surface area contributed by atoms with E-state index in [-0.39, 0.29) is 6.03 Å². The molecular formula is C15H28N2O3S. The quantitative estimate of drug-likeness (QED) is 0.758. The Bertz CT molecular complexity index is 339. The maximum absolute atomic E-state index is 12.2. The molecule has 0 aromatic carbocycles. The van der Waals surface area contributed by atoms with Crippen LogP contribution < -0.4 is 5.32 Å². The number of nitrogens with zero attached hydrogens (tertiary/aromatic N) is 1. The highest BCUT2D eigenvalue weighted by Crippen LogP contribution is 2.21. The normalized spacial score (nSPS) is 20.7. The Labute approximate surface area is 131 Å². The first kappa shape index (κ1) is 18.1. The zero-order valence-electron chi connectivity index (χ0n) is 13.1. The molecular weight excluding hydrogens is 288 g/mol. The molecule has 0 aromatic rings. The molecule has 1 unspecified atom stereocenters. The Morgan fingerprint density at radius 3 is 2.76 bits per heavy atom. The van der Waals surface area contributed by atoms with E-state index in [4.69, 9.17) is 0 Å². The number of amides is 2. The molecule has 0 bridgehead atoms. The lowest BCUT2D eigenvalue weighted by Crippen LogP contribution is -2.48. The van der Waals surface area contributed by atoms with Crippen molar-refractivity contribution >= 4 is 23.8 Å². The van der Waals surface area contributed by atoms with E-state index in [9.17, 15) is 14.7 Å². The van der Waals surface area contributed by atoms with Crippen LogP contribution in [0.1, 0.15) is 45.4 Å². The van der Waals surface area contributed by atoms with Crippen LogP contribution in [0.15, 0.2) is 0 Å². The predicted octanol–water partition coefficient (Wildman–Crippen LogP) is 2.80. The van der Waals surface area contributed by atoms with Gasteiger partial charge in [-0.2, -0.15) is 11.8 Å². The summed E-state index contributed by atoms with van der Waals surface area (Å²) in [6, 6.07) is -1.000. The molecule has 2 amide bonds. The first-order chi connectivity index (χ1) is 10.1. The van der Waals surface area contributed by atoms with Gasteiger partial charge >= 0.3 is 12.0 Å². The molecule has 21 heavy (non-hydrogen) atoms. The van der Waals surface area contributed by atoms with Crippen molar-refractivity contribution in [2.75, 3.05) is 25.1 Å². The van der Waals surface area contributed by atoms with E-state index in [0.29, 0.717) is 12.3 Å². The van der Waals surface area contributed by atoms with Crippen molar-refractivity contribution in [3.8, 4) is 0 Å². The smallest absolute Gasteiger partial charge is 0.326 e. The number of carboxylic acid groups (broad SMARTS) is 1. The molecule has 0 aromatic heterocycles. The summed E-state index contributed by atoms with van der Waals surface area (Å²) in [6.45, 7) is 3.67. The average molecular weight is 316 g/mol. The van der Waals surface area contributed by atoms with Crippen LogP contribution in [0, 0.1) is 5.92 Å². The molecule has 1 aliphatic rings. The lowest BCUT2D eigenvalue weighted by molar-refractivity contribution is -0.139. The van der Waals surface area contributed by atoms with Crippen LogP contribution in [-0.4, -0.2) is 53.1 Å². The van der Waals surface area contributed by atoms with Crippen LogP contribution in [-0.2, 0) is 4.79 Å². The Morgan fingerprint density at radius 1 is 1.38 bits per heavy atom. The lowest BCUT2D eigenvalue weighted by Gasteiger charge is -2.23. The molecule has 0 radical (unpaired) electrons. The molecule has 1 saturated heterocycles. The Kier molecular flexibility index (Phi) is 8.57. The van der Waals surface area contributed by atoms with E-state index in [2.05, 4.69) is 12.2 Å². The number of nitrogens with one attached hydrogen (secondary N) is 1. The number of carboxylic acids is 1. The van der Waals surface area contributed by atoms with Crippen molar-refractivity contribution in [1.29, 1.82) is 0 Å². The van der Waals surface area contributed by atoms with Crippen molar-refractivity contribution in [2.45, 2.75) is 51.5 Å². The standard InChI is InChI=1S/C15H28N2O3S/c1-3-5-12-6-4-9-17(10-7-12)15(20)16-13(14(18)19)8-11-21-2/h12-13H,3-11H2,1-2H3,(H,16,20)(H,18,19)/t12?,13-/m0/s1. The lowest BCUT2D eigenvalue weighted by atomic mass is 9.96. The minimum absolute atomic E-state index is 0.222. The highest BCUT2D eigenvalue weighted by Gasteiger charge is 2.24. The Morgan fingerprint density at radius 2 is 2.14 bits per heavy atom.